The molecule has 0 fully saturated rings. The molecule has 0 spiro atoms. The second kappa shape index (κ2) is 10.3. The molecule has 3 aromatic carbocycles. The lowest BCUT2D eigenvalue weighted by Gasteiger charge is -2.15. The summed E-state index contributed by atoms with van der Waals surface area (Å²) in [6, 6.07) is 23.5. The first-order valence-electron chi connectivity index (χ1n) is 10.3. The van der Waals surface area contributed by atoms with Crippen molar-refractivity contribution in [2.24, 2.45) is 0 Å². The van der Waals surface area contributed by atoms with E-state index in [0.29, 0.717) is 5.56 Å². The molecular formula is C25H26N2O4S. The summed E-state index contributed by atoms with van der Waals surface area (Å²) >= 11 is 0. The van der Waals surface area contributed by atoms with Gasteiger partial charge in [0.2, 0.25) is 15.9 Å². The van der Waals surface area contributed by atoms with Crippen LogP contribution < -0.4 is 10.0 Å². The Morgan fingerprint density at radius 1 is 0.844 bits per heavy atom. The molecule has 0 aliphatic heterocycles. The van der Waals surface area contributed by atoms with Gasteiger partial charge in [-0.1, -0.05) is 66.7 Å². The maximum atomic E-state index is 12.4. The van der Waals surface area contributed by atoms with Crippen molar-refractivity contribution in [2.75, 3.05) is 6.54 Å². The molecule has 6 nitrogen and oxygen atoms in total. The highest BCUT2D eigenvalue weighted by atomic mass is 32.2. The fourth-order valence-electron chi connectivity index (χ4n) is 3.24. The molecule has 3 rings (SSSR count). The average Bonchev–Trinajstić information content (AvgIpc) is 2.79. The van der Waals surface area contributed by atoms with Crippen LogP contribution in [0, 0.1) is 0 Å². The molecule has 0 aliphatic carbocycles. The van der Waals surface area contributed by atoms with Crippen LogP contribution in [-0.4, -0.2) is 26.7 Å². The molecule has 0 radical (unpaired) electrons. The third-order valence-corrected chi connectivity index (χ3v) is 6.59. The molecule has 3 aromatic rings. The molecule has 0 aromatic heterocycles. The minimum absolute atomic E-state index is 0.0111. The quantitative estimate of drug-likeness (QED) is 0.480. The van der Waals surface area contributed by atoms with E-state index in [9.17, 15) is 18.0 Å². The molecular weight excluding hydrogens is 424 g/mol. The summed E-state index contributed by atoms with van der Waals surface area (Å²) in [6.45, 7) is 3.28. The maximum Gasteiger partial charge on any atom is 0.240 e. The molecule has 1 amide bonds. The van der Waals surface area contributed by atoms with Crippen molar-refractivity contribution in [3.8, 4) is 11.1 Å². The van der Waals surface area contributed by atoms with Crippen LogP contribution in [0.4, 0.5) is 0 Å². The van der Waals surface area contributed by atoms with Gasteiger partial charge in [0.15, 0.2) is 5.78 Å². The van der Waals surface area contributed by atoms with Crippen molar-refractivity contribution >= 4 is 21.7 Å². The summed E-state index contributed by atoms with van der Waals surface area (Å²) in [5, 5.41) is 2.89. The predicted molar refractivity (Wildman–Crippen MR) is 125 cm³/mol. The smallest absolute Gasteiger partial charge is 0.240 e. The number of hydrogen-bond donors (Lipinski definition) is 2. The van der Waals surface area contributed by atoms with Crippen LogP contribution in [-0.2, 0) is 14.8 Å². The molecule has 7 heteroatoms. The second-order valence-corrected chi connectivity index (χ2v) is 9.27. The molecule has 166 valence electrons. The van der Waals surface area contributed by atoms with E-state index in [0.717, 1.165) is 16.7 Å². The first-order chi connectivity index (χ1) is 15.3. The fourth-order valence-corrected chi connectivity index (χ4v) is 4.27. The van der Waals surface area contributed by atoms with Crippen molar-refractivity contribution < 1.29 is 18.0 Å². The lowest BCUT2D eigenvalue weighted by Crippen LogP contribution is -2.32. The van der Waals surface area contributed by atoms with Crippen LogP contribution in [0.3, 0.4) is 0 Å². The number of sulfonamides is 1. The number of hydrogen-bond acceptors (Lipinski definition) is 4. The van der Waals surface area contributed by atoms with Gasteiger partial charge >= 0.3 is 0 Å². The van der Waals surface area contributed by atoms with Gasteiger partial charge in [0.05, 0.1) is 10.9 Å². The van der Waals surface area contributed by atoms with Gasteiger partial charge in [0.25, 0.3) is 0 Å². The minimum atomic E-state index is -3.75. The maximum absolute atomic E-state index is 12.4. The number of carbonyl (C=O) groups is 2. The Kier molecular flexibility index (Phi) is 7.56. The monoisotopic (exact) mass is 450 g/mol. The predicted octanol–water partition coefficient (Wildman–Crippen LogP) is 4.10. The number of Topliss-reactive ketones (excluding diaryl/α,β-unsaturated/α-hetero) is 1. The molecule has 1 unspecified atom stereocenters. The van der Waals surface area contributed by atoms with Gasteiger partial charge < -0.3 is 5.32 Å². The summed E-state index contributed by atoms with van der Waals surface area (Å²) in [5.74, 6) is -0.387. The molecule has 0 bridgehead atoms. The Bertz CT molecular complexity index is 1170. The number of benzene rings is 3. The first-order valence-corrected chi connectivity index (χ1v) is 11.8. The third-order valence-electron chi connectivity index (χ3n) is 5.11. The second-order valence-electron chi connectivity index (χ2n) is 7.51. The van der Waals surface area contributed by atoms with Gasteiger partial charge in [-0.3, -0.25) is 9.59 Å². The van der Waals surface area contributed by atoms with Crippen LogP contribution in [0.2, 0.25) is 0 Å². The number of rotatable bonds is 9. The van der Waals surface area contributed by atoms with E-state index in [2.05, 4.69) is 10.0 Å². The van der Waals surface area contributed by atoms with Crippen molar-refractivity contribution in [3.63, 3.8) is 0 Å². The van der Waals surface area contributed by atoms with Gasteiger partial charge in [-0.05, 0) is 42.7 Å². The fraction of sp³-hybridized carbons (Fsp3) is 0.200. The number of carbonyl (C=O) groups excluding carboxylic acids is 2. The Morgan fingerprint density at radius 2 is 1.44 bits per heavy atom. The van der Waals surface area contributed by atoms with Crippen LogP contribution in [0.5, 0.6) is 0 Å². The minimum Gasteiger partial charge on any atom is -0.350 e. The zero-order valence-corrected chi connectivity index (χ0v) is 18.9. The SMILES string of the molecule is CC(=O)c1ccc(S(=O)(=O)NCCC(=O)NC(C)c2ccc(-c3ccccc3)cc2)cc1. The van der Waals surface area contributed by atoms with Gasteiger partial charge in [0, 0.05) is 18.5 Å². The Hall–Kier alpha value is -3.29. The Morgan fingerprint density at radius 3 is 2.03 bits per heavy atom. The summed E-state index contributed by atoms with van der Waals surface area (Å²) in [5.41, 5.74) is 3.62. The lowest BCUT2D eigenvalue weighted by molar-refractivity contribution is -0.121. The van der Waals surface area contributed by atoms with E-state index >= 15 is 0 Å². The summed E-state index contributed by atoms with van der Waals surface area (Å²) < 4.78 is 27.1. The topological polar surface area (TPSA) is 92.3 Å². The molecule has 1 atom stereocenters. The number of amides is 1. The normalized spacial score (nSPS) is 12.2. The standard InChI is InChI=1S/C25H26N2O4S/c1-18(20-8-10-23(11-9-20)22-6-4-3-5-7-22)27-25(29)16-17-26-32(30,31)24-14-12-21(13-15-24)19(2)28/h3-15,18,26H,16-17H2,1-2H3,(H,27,29). The van der Waals surface area contributed by atoms with Gasteiger partial charge in [-0.15, -0.1) is 0 Å². The molecule has 0 heterocycles. The van der Waals surface area contributed by atoms with Crippen LogP contribution in [0.1, 0.15) is 42.2 Å². The van der Waals surface area contributed by atoms with Gasteiger partial charge in [-0.25, -0.2) is 13.1 Å². The van der Waals surface area contributed by atoms with Crippen molar-refractivity contribution in [1.82, 2.24) is 10.0 Å². The largest absolute Gasteiger partial charge is 0.350 e. The molecule has 0 saturated heterocycles. The highest BCUT2D eigenvalue weighted by Crippen LogP contribution is 2.21. The molecule has 0 aliphatic rings. The molecule has 2 N–H and O–H groups in total. The number of ketones is 1. The number of nitrogens with one attached hydrogen (secondary N) is 2. The first kappa shape index (κ1) is 23.4. The van der Waals surface area contributed by atoms with E-state index in [4.69, 9.17) is 0 Å². The van der Waals surface area contributed by atoms with E-state index in [1.54, 1.807) is 0 Å². The van der Waals surface area contributed by atoms with E-state index in [1.165, 1.54) is 31.2 Å². The van der Waals surface area contributed by atoms with E-state index < -0.39 is 10.0 Å². The van der Waals surface area contributed by atoms with E-state index in [-0.39, 0.29) is 35.6 Å². The van der Waals surface area contributed by atoms with Gasteiger partial charge in [0.1, 0.15) is 0 Å². The highest BCUT2D eigenvalue weighted by molar-refractivity contribution is 7.89. The van der Waals surface area contributed by atoms with Crippen LogP contribution in [0.25, 0.3) is 11.1 Å². The average molecular weight is 451 g/mol. The molecule has 0 saturated carbocycles. The molecule has 32 heavy (non-hydrogen) atoms. The summed E-state index contributed by atoms with van der Waals surface area (Å²) in [6.07, 6.45) is 0.0111. The highest BCUT2D eigenvalue weighted by Gasteiger charge is 2.15. The third kappa shape index (κ3) is 6.12. The summed E-state index contributed by atoms with van der Waals surface area (Å²) in [4.78, 5) is 23.6. The van der Waals surface area contributed by atoms with Crippen molar-refractivity contribution in [2.45, 2.75) is 31.2 Å². The van der Waals surface area contributed by atoms with Gasteiger partial charge in [-0.2, -0.15) is 0 Å². The zero-order valence-electron chi connectivity index (χ0n) is 18.0. The summed E-state index contributed by atoms with van der Waals surface area (Å²) in [7, 11) is -3.75. The van der Waals surface area contributed by atoms with Crippen LogP contribution in [0.15, 0.2) is 83.8 Å². The lowest BCUT2D eigenvalue weighted by atomic mass is 10.0. The Labute approximate surface area is 188 Å². The Balaban J connectivity index is 1.50. The van der Waals surface area contributed by atoms with E-state index in [1.807, 2.05) is 61.5 Å². The zero-order chi connectivity index (χ0) is 23.1. The van der Waals surface area contributed by atoms with Crippen LogP contribution >= 0.6 is 0 Å². The van der Waals surface area contributed by atoms with Crippen molar-refractivity contribution in [1.29, 1.82) is 0 Å². The van der Waals surface area contributed by atoms with Crippen molar-refractivity contribution in [3.05, 3.63) is 90.0 Å².